The summed E-state index contributed by atoms with van der Waals surface area (Å²) in [7, 11) is -1.58. The van der Waals surface area contributed by atoms with Gasteiger partial charge in [-0.1, -0.05) is 0 Å². The Labute approximate surface area is 220 Å². The highest BCUT2D eigenvalue weighted by Crippen LogP contribution is 2.38. The fourth-order valence-electron chi connectivity index (χ4n) is 4.64. The van der Waals surface area contributed by atoms with Gasteiger partial charge in [-0.2, -0.15) is 12.7 Å². The number of nitrogens with zero attached hydrogens (tertiary/aromatic N) is 5. The van der Waals surface area contributed by atoms with Crippen LogP contribution in [-0.2, 0) is 10.2 Å². The second-order valence-electron chi connectivity index (χ2n) is 9.51. The zero-order chi connectivity index (χ0) is 26.6. The Balaban J connectivity index is 1.38. The SMILES string of the molecule is O=C(c1c(O)ccc(NS(=O)(=O)N2CCCC2)c1F)c1cn(P)c2ncc(-c3cnc(C4CC4)nc3)cc12. The van der Waals surface area contributed by atoms with Crippen LogP contribution in [0.25, 0.3) is 22.2 Å². The molecule has 2 aliphatic rings. The van der Waals surface area contributed by atoms with Crippen molar-refractivity contribution in [1.82, 2.24) is 23.6 Å². The van der Waals surface area contributed by atoms with Crippen LogP contribution in [0.1, 0.15) is 53.3 Å². The molecule has 0 spiro atoms. The number of hydrogen-bond donors (Lipinski definition) is 2. The summed E-state index contributed by atoms with van der Waals surface area (Å²) in [6.45, 7) is 0.663. The van der Waals surface area contributed by atoms with E-state index in [1.807, 2.05) is 0 Å². The van der Waals surface area contributed by atoms with E-state index in [1.54, 1.807) is 29.0 Å². The number of carbonyl (C=O) groups is 1. The molecule has 4 heterocycles. The van der Waals surface area contributed by atoms with Gasteiger partial charge in [0.05, 0.1) is 11.3 Å². The highest BCUT2D eigenvalue weighted by molar-refractivity contribution is 7.90. The first-order valence-corrected chi connectivity index (χ1v) is 14.1. The second-order valence-corrected chi connectivity index (χ2v) is 11.7. The summed E-state index contributed by atoms with van der Waals surface area (Å²) in [5.41, 5.74) is 0.871. The highest BCUT2D eigenvalue weighted by Gasteiger charge is 2.30. The summed E-state index contributed by atoms with van der Waals surface area (Å²) in [5, 5.41) is 10.9. The van der Waals surface area contributed by atoms with Crippen LogP contribution in [0.5, 0.6) is 5.75 Å². The van der Waals surface area contributed by atoms with Crippen LogP contribution in [0.4, 0.5) is 10.1 Å². The van der Waals surface area contributed by atoms with Gasteiger partial charge in [0, 0.05) is 60.3 Å². The van der Waals surface area contributed by atoms with Crippen molar-refractivity contribution < 1.29 is 22.7 Å². The van der Waals surface area contributed by atoms with E-state index in [4.69, 9.17) is 0 Å². The Morgan fingerprint density at radius 1 is 1.08 bits per heavy atom. The molecule has 0 bridgehead atoms. The van der Waals surface area contributed by atoms with Crippen molar-refractivity contribution in [2.75, 3.05) is 17.8 Å². The third-order valence-electron chi connectivity index (χ3n) is 6.85. The van der Waals surface area contributed by atoms with E-state index in [-0.39, 0.29) is 5.56 Å². The fraction of sp³-hybridized carbons (Fsp3) is 0.280. The average molecular weight is 555 g/mol. The number of phenols is 1. The fourth-order valence-corrected chi connectivity index (χ4v) is 6.30. The number of ketones is 1. The van der Waals surface area contributed by atoms with Crippen molar-refractivity contribution in [2.45, 2.75) is 31.6 Å². The van der Waals surface area contributed by atoms with E-state index in [0.717, 1.165) is 30.8 Å². The number of aromatic nitrogens is 4. The molecule has 1 aromatic carbocycles. The molecular formula is C25H24FN6O4PS. The van der Waals surface area contributed by atoms with Gasteiger partial charge in [0.25, 0.3) is 0 Å². The third-order valence-corrected chi connectivity index (χ3v) is 8.77. The lowest BCUT2D eigenvalue weighted by Gasteiger charge is -2.18. The van der Waals surface area contributed by atoms with E-state index < -0.39 is 38.8 Å². The van der Waals surface area contributed by atoms with Gasteiger partial charge >= 0.3 is 10.2 Å². The van der Waals surface area contributed by atoms with Gasteiger partial charge in [0.2, 0.25) is 5.78 Å². The van der Waals surface area contributed by atoms with Gasteiger partial charge in [-0.05, 0) is 53.3 Å². The summed E-state index contributed by atoms with van der Waals surface area (Å²) in [6.07, 6.45) is 10.1. The number of benzene rings is 1. The first kappa shape index (κ1) is 24.8. The van der Waals surface area contributed by atoms with E-state index >= 15 is 4.39 Å². The molecule has 1 unspecified atom stereocenters. The van der Waals surface area contributed by atoms with E-state index in [2.05, 4.69) is 29.1 Å². The van der Waals surface area contributed by atoms with Crippen LogP contribution < -0.4 is 4.72 Å². The molecule has 6 rings (SSSR count). The second kappa shape index (κ2) is 9.37. The molecule has 1 atom stereocenters. The van der Waals surface area contributed by atoms with Crippen LogP contribution in [0.15, 0.2) is 43.0 Å². The summed E-state index contributed by atoms with van der Waals surface area (Å²) in [6, 6.07) is 3.93. The molecule has 196 valence electrons. The minimum absolute atomic E-state index is 0.0913. The molecule has 1 saturated heterocycles. The zero-order valence-corrected chi connectivity index (χ0v) is 22.1. The summed E-state index contributed by atoms with van der Waals surface area (Å²) >= 11 is 0. The topological polar surface area (TPSA) is 130 Å². The van der Waals surface area contributed by atoms with Crippen LogP contribution >= 0.6 is 9.39 Å². The molecular weight excluding hydrogens is 530 g/mol. The van der Waals surface area contributed by atoms with Crippen molar-refractivity contribution in [1.29, 1.82) is 0 Å². The van der Waals surface area contributed by atoms with Gasteiger partial charge in [-0.25, -0.2) is 19.3 Å². The number of hydrogen-bond acceptors (Lipinski definition) is 7. The molecule has 1 aliphatic heterocycles. The van der Waals surface area contributed by atoms with Crippen molar-refractivity contribution in [3.05, 3.63) is 65.8 Å². The first-order valence-electron chi connectivity index (χ1n) is 12.2. The lowest BCUT2D eigenvalue weighted by atomic mass is 10.00. The molecule has 13 heteroatoms. The molecule has 2 N–H and O–H groups in total. The standard InChI is InChI=1S/C25H24FN6O4PS/c26-22-19(30-38(35,36)31-7-1-2-8-31)5-6-20(33)21(22)23(34)18-13-32(37)25-17(18)9-15(10-29-25)16-11-27-24(28-12-16)14-3-4-14/h5-6,9-14,30,33H,1-4,7-8,37H2. The van der Waals surface area contributed by atoms with Crippen LogP contribution in [0, 0.1) is 5.82 Å². The predicted octanol–water partition coefficient (Wildman–Crippen LogP) is 3.84. The van der Waals surface area contributed by atoms with Crippen molar-refractivity contribution in [2.24, 2.45) is 0 Å². The Morgan fingerprint density at radius 3 is 2.45 bits per heavy atom. The minimum atomic E-state index is -4.01. The molecule has 2 fully saturated rings. The Kier molecular flexibility index (Phi) is 6.13. The molecule has 38 heavy (non-hydrogen) atoms. The van der Waals surface area contributed by atoms with Crippen LogP contribution in [-0.4, -0.2) is 56.0 Å². The summed E-state index contributed by atoms with van der Waals surface area (Å²) in [5.74, 6) is -1.35. The number of phenolic OH excluding ortho intramolecular Hbond substituents is 1. The smallest absolute Gasteiger partial charge is 0.301 e. The van der Waals surface area contributed by atoms with Crippen molar-refractivity contribution in [3.8, 4) is 16.9 Å². The number of nitrogens with one attached hydrogen (secondary N) is 1. The quantitative estimate of drug-likeness (QED) is 0.202. The average Bonchev–Trinajstić information content (AvgIpc) is 3.48. The Bertz CT molecular complexity index is 1680. The number of carbonyl (C=O) groups excluding carboxylic acids is 1. The van der Waals surface area contributed by atoms with E-state index in [1.165, 1.54) is 10.5 Å². The molecule has 0 radical (unpaired) electrons. The van der Waals surface area contributed by atoms with Crippen molar-refractivity contribution in [3.63, 3.8) is 0 Å². The number of anilines is 1. The van der Waals surface area contributed by atoms with Gasteiger partial charge in [0.1, 0.15) is 22.8 Å². The van der Waals surface area contributed by atoms with Crippen molar-refractivity contribution >= 4 is 42.1 Å². The molecule has 10 nitrogen and oxygen atoms in total. The predicted molar refractivity (Wildman–Crippen MR) is 143 cm³/mol. The summed E-state index contributed by atoms with van der Waals surface area (Å²) < 4.78 is 45.9. The molecule has 1 aliphatic carbocycles. The van der Waals surface area contributed by atoms with Gasteiger partial charge in [-0.3, -0.25) is 9.52 Å². The third kappa shape index (κ3) is 4.42. The van der Waals surface area contributed by atoms with Gasteiger partial charge in [0.15, 0.2) is 5.82 Å². The van der Waals surface area contributed by atoms with Gasteiger partial charge < -0.3 is 9.44 Å². The number of fused-ring (bicyclic) bond motifs is 1. The molecule has 4 aromatic rings. The monoisotopic (exact) mass is 554 g/mol. The molecule has 3 aromatic heterocycles. The lowest BCUT2D eigenvalue weighted by Crippen LogP contribution is -2.33. The minimum Gasteiger partial charge on any atom is -0.507 e. The zero-order valence-electron chi connectivity index (χ0n) is 20.1. The van der Waals surface area contributed by atoms with Gasteiger partial charge in [-0.15, -0.1) is 0 Å². The maximum Gasteiger partial charge on any atom is 0.301 e. The molecule has 0 amide bonds. The number of rotatable bonds is 7. The maximum absolute atomic E-state index is 15.6. The number of halogens is 1. The maximum atomic E-state index is 15.6. The highest BCUT2D eigenvalue weighted by atomic mass is 32.2. The Morgan fingerprint density at radius 2 is 1.76 bits per heavy atom. The normalized spacial score (nSPS) is 16.3. The summed E-state index contributed by atoms with van der Waals surface area (Å²) in [4.78, 5) is 26.9. The Hall–Kier alpha value is -3.47. The van der Waals surface area contributed by atoms with Crippen LogP contribution in [0.3, 0.4) is 0 Å². The number of pyridine rings is 1. The first-order chi connectivity index (χ1) is 18.2. The van der Waals surface area contributed by atoms with E-state index in [9.17, 15) is 18.3 Å². The largest absolute Gasteiger partial charge is 0.507 e. The van der Waals surface area contributed by atoms with Crippen LogP contribution in [0.2, 0.25) is 0 Å². The molecule has 1 saturated carbocycles. The lowest BCUT2D eigenvalue weighted by molar-refractivity contribution is 0.103. The van der Waals surface area contributed by atoms with E-state index in [0.29, 0.717) is 54.0 Å². The number of aromatic hydroxyl groups is 1.